The highest BCUT2D eigenvalue weighted by atomic mass is 79.9. The Hall–Kier alpha value is -0.470. The van der Waals surface area contributed by atoms with Gasteiger partial charge in [0.25, 0.3) is 0 Å². The summed E-state index contributed by atoms with van der Waals surface area (Å²) in [6.45, 7) is 4.85. The molecule has 0 saturated heterocycles. The lowest BCUT2D eigenvalue weighted by Crippen LogP contribution is -2.03. The third-order valence-electron chi connectivity index (χ3n) is 2.01. The summed E-state index contributed by atoms with van der Waals surface area (Å²) in [5.74, 6) is 0. The highest BCUT2D eigenvalue weighted by Gasteiger charge is 2.00. The first kappa shape index (κ1) is 11.6. The van der Waals surface area contributed by atoms with Crippen LogP contribution >= 0.6 is 27.5 Å². The van der Waals surface area contributed by atoms with Gasteiger partial charge in [-0.15, -0.1) is 0 Å². The van der Waals surface area contributed by atoms with Gasteiger partial charge < -0.3 is 5.32 Å². The van der Waals surface area contributed by atoms with E-state index < -0.39 is 0 Å². The average Bonchev–Trinajstić information content (AvgIpc) is 2.20. The molecule has 0 aliphatic heterocycles. The van der Waals surface area contributed by atoms with Crippen molar-refractivity contribution >= 4 is 33.2 Å². The number of hydrogen-bond donors (Lipinski definition) is 1. The van der Waals surface area contributed by atoms with Gasteiger partial charge in [0.2, 0.25) is 0 Å². The fraction of sp³-hybridized carbons (Fsp3) is 0.273. The molecule has 1 aromatic rings. The van der Waals surface area contributed by atoms with E-state index in [4.69, 9.17) is 11.6 Å². The Kier molecular flexibility index (Phi) is 4.49. The summed E-state index contributed by atoms with van der Waals surface area (Å²) in [7, 11) is 0. The molecular weight excluding hydrogens is 261 g/mol. The van der Waals surface area contributed by atoms with E-state index in [9.17, 15) is 0 Å². The summed E-state index contributed by atoms with van der Waals surface area (Å²) in [4.78, 5) is 0. The fourth-order valence-electron chi connectivity index (χ4n) is 1.07. The lowest BCUT2D eigenvalue weighted by Gasteiger charge is -2.10. The van der Waals surface area contributed by atoms with Crippen molar-refractivity contribution in [2.24, 2.45) is 0 Å². The van der Waals surface area contributed by atoms with Crippen LogP contribution in [-0.2, 0) is 0 Å². The zero-order valence-corrected chi connectivity index (χ0v) is 10.6. The molecule has 0 radical (unpaired) electrons. The van der Waals surface area contributed by atoms with Gasteiger partial charge in [0.15, 0.2) is 0 Å². The second-order valence-corrected chi connectivity index (χ2v) is 4.29. The fourth-order valence-corrected chi connectivity index (χ4v) is 1.52. The summed E-state index contributed by atoms with van der Waals surface area (Å²) >= 11 is 9.07. The van der Waals surface area contributed by atoms with Crippen LogP contribution in [0.15, 0.2) is 33.8 Å². The smallest absolute Gasteiger partial charge is 0.0383 e. The van der Waals surface area contributed by atoms with Gasteiger partial charge in [-0.05, 0) is 37.1 Å². The molecule has 0 spiro atoms. The van der Waals surface area contributed by atoms with Crippen molar-refractivity contribution in [1.82, 2.24) is 0 Å². The maximum Gasteiger partial charge on any atom is 0.0383 e. The van der Waals surface area contributed by atoms with Crippen molar-refractivity contribution in [2.45, 2.75) is 13.8 Å². The third-order valence-corrected chi connectivity index (χ3v) is 3.24. The van der Waals surface area contributed by atoms with Crippen LogP contribution in [0.25, 0.3) is 0 Å². The zero-order valence-electron chi connectivity index (χ0n) is 8.27. The quantitative estimate of drug-likeness (QED) is 0.866. The molecular formula is C11H13BrClN. The van der Waals surface area contributed by atoms with Gasteiger partial charge in [0, 0.05) is 22.2 Å². The molecule has 0 aliphatic rings. The Balaban J connectivity index is 2.73. The van der Waals surface area contributed by atoms with Crippen LogP contribution in [0, 0.1) is 6.92 Å². The molecule has 0 aromatic heterocycles. The number of benzene rings is 1. The largest absolute Gasteiger partial charge is 0.381 e. The van der Waals surface area contributed by atoms with E-state index >= 15 is 0 Å². The summed E-state index contributed by atoms with van der Waals surface area (Å²) in [5, 5.41) is 3.32. The summed E-state index contributed by atoms with van der Waals surface area (Å²) < 4.78 is 1.12. The van der Waals surface area contributed by atoms with Gasteiger partial charge >= 0.3 is 0 Å². The number of nitrogens with one attached hydrogen (secondary N) is 1. The number of rotatable bonds is 3. The molecule has 3 heteroatoms. The molecule has 0 fully saturated rings. The maximum atomic E-state index is 5.58. The highest BCUT2D eigenvalue weighted by Crippen LogP contribution is 2.23. The molecule has 76 valence electrons. The molecule has 0 unspecified atom stereocenters. The van der Waals surface area contributed by atoms with Crippen molar-refractivity contribution in [3.05, 3.63) is 39.3 Å². The molecule has 14 heavy (non-hydrogen) atoms. The second kappa shape index (κ2) is 5.42. The topological polar surface area (TPSA) is 12.0 Å². The lowest BCUT2D eigenvalue weighted by molar-refractivity contribution is 1.20. The molecule has 0 bridgehead atoms. The minimum atomic E-state index is 0.779. The molecule has 0 heterocycles. The van der Waals surface area contributed by atoms with E-state index in [0.717, 1.165) is 22.3 Å². The Morgan fingerprint density at radius 2 is 2.29 bits per heavy atom. The highest BCUT2D eigenvalue weighted by molar-refractivity contribution is 9.10. The van der Waals surface area contributed by atoms with Gasteiger partial charge in [-0.3, -0.25) is 0 Å². The van der Waals surface area contributed by atoms with Gasteiger partial charge in [0.1, 0.15) is 0 Å². The van der Waals surface area contributed by atoms with Gasteiger partial charge in [0.05, 0.1) is 0 Å². The number of halogens is 2. The van der Waals surface area contributed by atoms with Crippen molar-refractivity contribution in [3.8, 4) is 0 Å². The monoisotopic (exact) mass is 273 g/mol. The van der Waals surface area contributed by atoms with Crippen molar-refractivity contribution < 1.29 is 0 Å². The van der Waals surface area contributed by atoms with Crippen molar-refractivity contribution in [3.63, 3.8) is 0 Å². The van der Waals surface area contributed by atoms with Crippen LogP contribution in [0.4, 0.5) is 5.69 Å². The Morgan fingerprint density at radius 1 is 1.57 bits per heavy atom. The third kappa shape index (κ3) is 3.03. The van der Waals surface area contributed by atoms with E-state index in [-0.39, 0.29) is 0 Å². The normalized spacial score (nSPS) is 11.6. The predicted molar refractivity (Wildman–Crippen MR) is 67.0 cm³/mol. The Morgan fingerprint density at radius 3 is 2.93 bits per heavy atom. The minimum absolute atomic E-state index is 0.779. The zero-order chi connectivity index (χ0) is 10.6. The summed E-state index contributed by atoms with van der Waals surface area (Å²) in [6.07, 6.45) is 0. The number of anilines is 1. The predicted octanol–water partition coefficient (Wildman–Crippen LogP) is 4.31. The molecule has 1 N–H and O–H groups in total. The maximum absolute atomic E-state index is 5.58. The van der Waals surface area contributed by atoms with Crippen molar-refractivity contribution in [1.29, 1.82) is 0 Å². The van der Waals surface area contributed by atoms with Gasteiger partial charge in [-0.1, -0.05) is 33.6 Å². The minimum Gasteiger partial charge on any atom is -0.381 e. The van der Waals surface area contributed by atoms with Crippen LogP contribution in [0.5, 0.6) is 0 Å². The van der Waals surface area contributed by atoms with Gasteiger partial charge in [-0.25, -0.2) is 0 Å². The molecule has 0 amide bonds. The van der Waals surface area contributed by atoms with E-state index in [1.54, 1.807) is 5.54 Å². The van der Waals surface area contributed by atoms with Crippen LogP contribution < -0.4 is 5.32 Å². The molecule has 0 atom stereocenters. The molecule has 0 saturated carbocycles. The first-order valence-corrected chi connectivity index (χ1v) is 5.63. The standard InChI is InChI=1S/C11H13BrClN/c1-8(6-13)7-14-11-5-3-4-10(12)9(11)2/h3-6,14H,7H2,1-2H3/b8-6-. The SMILES string of the molecule is C/C(=C/Cl)CNc1cccc(Br)c1C. The van der Waals surface area contributed by atoms with E-state index in [2.05, 4.69) is 34.2 Å². The van der Waals surface area contributed by atoms with Crippen LogP contribution in [0.2, 0.25) is 0 Å². The van der Waals surface area contributed by atoms with Crippen LogP contribution in [0.3, 0.4) is 0 Å². The summed E-state index contributed by atoms with van der Waals surface area (Å²) in [6, 6.07) is 6.10. The molecule has 1 rings (SSSR count). The first-order valence-electron chi connectivity index (χ1n) is 4.40. The molecule has 0 aliphatic carbocycles. The van der Waals surface area contributed by atoms with Crippen LogP contribution in [0.1, 0.15) is 12.5 Å². The second-order valence-electron chi connectivity index (χ2n) is 3.22. The lowest BCUT2D eigenvalue weighted by atomic mass is 10.2. The van der Waals surface area contributed by atoms with E-state index in [0.29, 0.717) is 0 Å². The molecule has 1 nitrogen and oxygen atoms in total. The first-order chi connectivity index (χ1) is 6.65. The van der Waals surface area contributed by atoms with Gasteiger partial charge in [-0.2, -0.15) is 0 Å². The van der Waals surface area contributed by atoms with Crippen LogP contribution in [-0.4, -0.2) is 6.54 Å². The Bertz CT molecular complexity index is 347. The Labute approximate surface area is 98.3 Å². The number of hydrogen-bond acceptors (Lipinski definition) is 1. The van der Waals surface area contributed by atoms with Crippen molar-refractivity contribution in [2.75, 3.05) is 11.9 Å². The van der Waals surface area contributed by atoms with E-state index in [1.807, 2.05) is 19.1 Å². The summed E-state index contributed by atoms with van der Waals surface area (Å²) in [5.41, 5.74) is 5.07. The average molecular weight is 275 g/mol. The molecule has 1 aromatic carbocycles. The van der Waals surface area contributed by atoms with E-state index in [1.165, 1.54) is 5.56 Å².